The lowest BCUT2D eigenvalue weighted by Crippen LogP contribution is -2.74. The van der Waals surface area contributed by atoms with Gasteiger partial charge in [-0.2, -0.15) is 0 Å². The molecule has 0 spiro atoms. The first-order chi connectivity index (χ1) is 50.1. The Morgan fingerprint density at radius 1 is 0.176 bits per heavy atom. The van der Waals surface area contributed by atoms with Gasteiger partial charge < -0.3 is 0 Å². The van der Waals surface area contributed by atoms with Gasteiger partial charge >= 0.3 is 0 Å². The van der Waals surface area contributed by atoms with E-state index in [1.807, 2.05) is 0 Å². The van der Waals surface area contributed by atoms with Crippen molar-refractivity contribution >= 4 is 101 Å². The van der Waals surface area contributed by atoms with E-state index in [4.69, 9.17) is 0 Å². The van der Waals surface area contributed by atoms with Gasteiger partial charge in [0.05, 0.1) is 0 Å². The fourth-order valence-electron chi connectivity index (χ4n) is 18.3. The fraction of sp³-hybridized carbons (Fsp3) is 0.0600. The molecule has 0 saturated heterocycles. The van der Waals surface area contributed by atoms with Gasteiger partial charge in [-0.15, -0.1) is 0 Å². The Bertz CT molecular complexity index is 5580. The molecule has 0 aromatic heterocycles. The van der Waals surface area contributed by atoms with Gasteiger partial charge in [-0.25, -0.2) is 0 Å². The third-order valence-electron chi connectivity index (χ3n) is 23.3. The summed E-state index contributed by atoms with van der Waals surface area (Å²) >= 11 is 0. The molecule has 2 heteroatoms. The maximum Gasteiger partial charge on any atom is 0.179 e. The van der Waals surface area contributed by atoms with Crippen LogP contribution in [0.25, 0.3) is 110 Å². The Hall–Kier alpha value is -11.8. The summed E-state index contributed by atoms with van der Waals surface area (Å²) in [6, 6.07) is 144. The number of hydrogen-bond acceptors (Lipinski definition) is 0. The van der Waals surface area contributed by atoms with E-state index in [0.717, 1.165) is 0 Å². The third kappa shape index (κ3) is 9.47. The number of fused-ring (bicyclic) bond motifs is 10. The summed E-state index contributed by atoms with van der Waals surface area (Å²) in [5.41, 5.74) is 19.9. The minimum atomic E-state index is -2.78. The van der Waals surface area contributed by atoms with Crippen molar-refractivity contribution in [1.29, 1.82) is 0 Å². The minimum absolute atomic E-state index is 0.282. The van der Waals surface area contributed by atoms with E-state index in [2.05, 4.69) is 404 Å². The van der Waals surface area contributed by atoms with Gasteiger partial charge in [0, 0.05) is 10.8 Å². The van der Waals surface area contributed by atoms with Crippen molar-refractivity contribution in [3.8, 4) is 66.8 Å². The van der Waals surface area contributed by atoms with Gasteiger partial charge in [0.1, 0.15) is 0 Å². The van der Waals surface area contributed by atoms with Gasteiger partial charge in [0.25, 0.3) is 0 Å². The molecule has 0 N–H and O–H groups in total. The summed E-state index contributed by atoms with van der Waals surface area (Å²) in [6.45, 7) is 9.80. The van der Waals surface area contributed by atoms with Crippen LogP contribution >= 0.6 is 0 Å². The first-order valence-corrected chi connectivity index (χ1v) is 40.0. The van der Waals surface area contributed by atoms with Gasteiger partial charge in [-0.1, -0.05) is 367 Å². The van der Waals surface area contributed by atoms with E-state index in [9.17, 15) is 0 Å². The van der Waals surface area contributed by atoms with E-state index >= 15 is 0 Å². The SMILES string of the molecule is CC1(C)c2cc(-c3ccc4c(-c5ccc6ccccc6c5)c5cc(-c6ccc7c(c6)C(C)(C)c6cc([Si](c8ccccc8)(c8ccccc8)c8ccccc8)ccc6-7)ccc5c(-c5ccc6ccccc6c5)c4c3)ccc2-c2ccc([Si](c3ccccc3)(c3ccccc3)c3ccccc3)cc21. The summed E-state index contributed by atoms with van der Waals surface area (Å²) in [5.74, 6) is 0. The highest BCUT2D eigenvalue weighted by atomic mass is 28.3. The van der Waals surface area contributed by atoms with Gasteiger partial charge in [0.15, 0.2) is 16.1 Å². The molecule has 0 radical (unpaired) electrons. The molecule has 0 aliphatic heterocycles. The summed E-state index contributed by atoms with van der Waals surface area (Å²) in [5, 5.41) is 20.9. The molecule has 2 aliphatic carbocycles. The van der Waals surface area contributed by atoms with Crippen LogP contribution < -0.4 is 41.5 Å². The van der Waals surface area contributed by atoms with Crippen LogP contribution in [0.2, 0.25) is 0 Å². The first kappa shape index (κ1) is 61.3. The molecule has 0 unspecified atom stereocenters. The predicted molar refractivity (Wildman–Crippen MR) is 441 cm³/mol. The average molecular weight is 1330 g/mol. The van der Waals surface area contributed by atoms with Crippen LogP contribution in [0.15, 0.2) is 376 Å². The second kappa shape index (κ2) is 24.0. The Kier molecular flexibility index (Phi) is 14.4. The zero-order chi connectivity index (χ0) is 68.3. The van der Waals surface area contributed by atoms with Crippen molar-refractivity contribution in [2.45, 2.75) is 38.5 Å². The second-order valence-corrected chi connectivity index (χ2v) is 37.0. The normalized spacial score (nSPS) is 13.5. The molecule has 0 fully saturated rings. The molecule has 17 aromatic rings. The zero-order valence-corrected chi connectivity index (χ0v) is 59.8. The highest BCUT2D eigenvalue weighted by Gasteiger charge is 2.46. The Morgan fingerprint density at radius 2 is 0.431 bits per heavy atom. The van der Waals surface area contributed by atoms with Crippen molar-refractivity contribution in [2.75, 3.05) is 0 Å². The van der Waals surface area contributed by atoms with Gasteiger partial charge in [-0.3, -0.25) is 0 Å². The molecule has 0 saturated carbocycles. The average Bonchev–Trinajstić information content (AvgIpc) is 1.44. The van der Waals surface area contributed by atoms with Crippen molar-refractivity contribution in [1.82, 2.24) is 0 Å². The minimum Gasteiger partial charge on any atom is -0.0623 e. The van der Waals surface area contributed by atoms with Crippen LogP contribution in [0, 0.1) is 0 Å². The molecule has 17 aromatic carbocycles. The molecule has 2 aliphatic rings. The van der Waals surface area contributed by atoms with E-state index in [0.29, 0.717) is 0 Å². The van der Waals surface area contributed by atoms with Crippen molar-refractivity contribution in [2.24, 2.45) is 0 Å². The molecular weight excluding hydrogens is 1260 g/mol. The number of rotatable bonds is 12. The van der Waals surface area contributed by atoms with E-state index in [1.165, 1.54) is 174 Å². The van der Waals surface area contributed by atoms with E-state index < -0.39 is 16.1 Å². The van der Waals surface area contributed by atoms with Crippen LogP contribution in [0.3, 0.4) is 0 Å². The highest BCUT2D eigenvalue weighted by molar-refractivity contribution is 7.20. The third-order valence-corrected chi connectivity index (χ3v) is 32.9. The predicted octanol–water partition coefficient (Wildman–Crippen LogP) is 20.3. The number of hydrogen-bond donors (Lipinski definition) is 0. The van der Waals surface area contributed by atoms with Gasteiger partial charge in [0.2, 0.25) is 0 Å². The Labute approximate surface area is 600 Å². The number of benzene rings is 17. The maximum atomic E-state index is 2.60. The zero-order valence-electron chi connectivity index (χ0n) is 57.8. The van der Waals surface area contributed by atoms with Crippen molar-refractivity contribution in [3.63, 3.8) is 0 Å². The Morgan fingerprint density at radius 3 is 0.755 bits per heavy atom. The maximum absolute atomic E-state index is 2.78. The molecule has 0 bridgehead atoms. The topological polar surface area (TPSA) is 0 Å². The lowest BCUT2D eigenvalue weighted by Gasteiger charge is -2.35. The summed E-state index contributed by atoms with van der Waals surface area (Å²) in [7, 11) is -5.56. The van der Waals surface area contributed by atoms with Crippen LogP contribution in [-0.4, -0.2) is 16.1 Å². The quantitative estimate of drug-likeness (QED) is 0.0650. The largest absolute Gasteiger partial charge is 0.179 e. The summed E-state index contributed by atoms with van der Waals surface area (Å²) < 4.78 is 0. The first-order valence-electron chi connectivity index (χ1n) is 36.0. The standard InChI is InChI=1S/C100H74Si2/c1-99(2)93-63-73(47-53-85(93)87-57-51-83(65-95(87)99)101(77-31-11-5-12-32-77,78-33-13-6-14-34-78)79-35-15-7-16-36-79)71-49-55-89-91(61-71)97(75-45-43-67-27-23-25-29-69(67)59-75)90-56-50-72(62-92(90)98(89)76-46-44-68-28-24-26-30-70(68)60-76)74-48-54-86-88-58-52-84(66-96(88)100(3,4)94(86)64-74)102(80-37-17-8-18-38-80,81-39-19-9-20-40-81)82-41-21-10-22-42-82/h5-66H,1-4H3. The van der Waals surface area contributed by atoms with Crippen molar-refractivity contribution < 1.29 is 0 Å². The molecular formula is C100H74Si2. The fourth-order valence-corrected chi connectivity index (χ4v) is 27.9. The van der Waals surface area contributed by atoms with Crippen LogP contribution in [0.5, 0.6) is 0 Å². The van der Waals surface area contributed by atoms with Gasteiger partial charge in [-0.05, 0) is 210 Å². The van der Waals surface area contributed by atoms with E-state index in [-0.39, 0.29) is 10.8 Å². The molecule has 102 heavy (non-hydrogen) atoms. The summed E-state index contributed by atoms with van der Waals surface area (Å²) in [4.78, 5) is 0. The van der Waals surface area contributed by atoms with E-state index in [1.54, 1.807) is 0 Å². The molecule has 0 atom stereocenters. The molecule has 482 valence electrons. The van der Waals surface area contributed by atoms with Crippen LogP contribution in [0.1, 0.15) is 49.9 Å². The Balaban J connectivity index is 0.770. The van der Waals surface area contributed by atoms with Crippen molar-refractivity contribution in [3.05, 3.63) is 398 Å². The molecule has 0 nitrogen and oxygen atoms in total. The van der Waals surface area contributed by atoms with Crippen LogP contribution in [-0.2, 0) is 10.8 Å². The molecule has 19 rings (SSSR count). The lowest BCUT2D eigenvalue weighted by atomic mass is 9.80. The summed E-state index contributed by atoms with van der Waals surface area (Å²) in [6.07, 6.45) is 0. The molecule has 0 heterocycles. The second-order valence-electron chi connectivity index (χ2n) is 29.4. The highest BCUT2D eigenvalue weighted by Crippen LogP contribution is 2.53. The van der Waals surface area contributed by atoms with Crippen LogP contribution in [0.4, 0.5) is 0 Å². The monoisotopic (exact) mass is 1330 g/mol. The lowest BCUT2D eigenvalue weighted by molar-refractivity contribution is 0.661. The smallest absolute Gasteiger partial charge is 0.0623 e. The molecule has 0 amide bonds.